The summed E-state index contributed by atoms with van der Waals surface area (Å²) in [5, 5.41) is 1.36. The van der Waals surface area contributed by atoms with Crippen molar-refractivity contribution in [2.24, 2.45) is 0 Å². The molecule has 80 valence electrons. The molecule has 0 amide bonds. The van der Waals surface area contributed by atoms with E-state index in [1.165, 1.54) is 16.6 Å². The fourth-order valence-corrected chi connectivity index (χ4v) is 2.22. The summed E-state index contributed by atoms with van der Waals surface area (Å²) >= 11 is 0. The van der Waals surface area contributed by atoms with E-state index in [2.05, 4.69) is 62.6 Å². The first-order valence-electron chi connectivity index (χ1n) is 5.71. The van der Waals surface area contributed by atoms with E-state index < -0.39 is 0 Å². The van der Waals surface area contributed by atoms with E-state index in [1.54, 1.807) is 0 Å². The van der Waals surface area contributed by atoms with Crippen LogP contribution in [0.4, 0.5) is 0 Å². The van der Waals surface area contributed by atoms with Gasteiger partial charge in [-0.15, -0.1) is 0 Å². The lowest BCUT2D eigenvalue weighted by Crippen LogP contribution is -2.06. The summed E-state index contributed by atoms with van der Waals surface area (Å²) in [6, 6.07) is 11.5. The van der Waals surface area contributed by atoms with Gasteiger partial charge < -0.3 is 4.57 Å². The molecule has 1 heterocycles. The zero-order chi connectivity index (χ0) is 11.0. The van der Waals surface area contributed by atoms with Gasteiger partial charge in [0.15, 0.2) is 0 Å². The minimum atomic E-state index is 0.530. The first-order valence-corrected chi connectivity index (χ1v) is 5.71. The Kier molecular flexibility index (Phi) is 2.56. The van der Waals surface area contributed by atoms with Crippen molar-refractivity contribution >= 4 is 10.9 Å². The van der Waals surface area contributed by atoms with E-state index in [0.29, 0.717) is 12.0 Å². The van der Waals surface area contributed by atoms with E-state index in [-0.39, 0.29) is 0 Å². The van der Waals surface area contributed by atoms with Crippen LogP contribution in [0.1, 0.15) is 45.3 Å². The van der Waals surface area contributed by atoms with Crippen LogP contribution in [-0.2, 0) is 0 Å². The number of hydrogen-bond donors (Lipinski definition) is 0. The molecule has 0 atom stereocenters. The number of hydrogen-bond acceptors (Lipinski definition) is 0. The molecule has 1 aromatic heterocycles. The van der Waals surface area contributed by atoms with Gasteiger partial charge in [0, 0.05) is 17.3 Å². The molecule has 0 saturated carbocycles. The van der Waals surface area contributed by atoms with Crippen molar-refractivity contribution in [1.82, 2.24) is 4.57 Å². The van der Waals surface area contributed by atoms with Crippen molar-refractivity contribution in [1.29, 1.82) is 0 Å². The van der Waals surface area contributed by atoms with E-state index >= 15 is 0 Å². The lowest BCUT2D eigenvalue weighted by molar-refractivity contribution is 0.577. The van der Waals surface area contributed by atoms with Crippen molar-refractivity contribution in [2.45, 2.75) is 39.7 Å². The molecule has 15 heavy (non-hydrogen) atoms. The predicted octanol–water partition coefficient (Wildman–Crippen LogP) is 4.35. The standard InChI is InChI=1S/C14H19N/c1-10(2)14-9-12-7-5-6-8-13(12)15(14)11(3)4/h5-11H,1-4H3. The summed E-state index contributed by atoms with van der Waals surface area (Å²) < 4.78 is 2.44. The maximum absolute atomic E-state index is 2.44. The number of aromatic nitrogens is 1. The SMILES string of the molecule is CC(C)c1cc2ccccc2n1C(C)C. The smallest absolute Gasteiger partial charge is 0.0485 e. The van der Waals surface area contributed by atoms with E-state index in [9.17, 15) is 0 Å². The average molecular weight is 201 g/mol. The summed E-state index contributed by atoms with van der Waals surface area (Å²) in [7, 11) is 0. The molecule has 0 saturated heterocycles. The second-order valence-corrected chi connectivity index (χ2v) is 4.75. The number of nitrogens with zero attached hydrogens (tertiary/aromatic N) is 1. The van der Waals surface area contributed by atoms with Gasteiger partial charge in [-0.3, -0.25) is 0 Å². The summed E-state index contributed by atoms with van der Waals surface area (Å²) in [6.07, 6.45) is 0. The minimum absolute atomic E-state index is 0.530. The summed E-state index contributed by atoms with van der Waals surface area (Å²) in [5.74, 6) is 0.583. The third kappa shape index (κ3) is 1.67. The highest BCUT2D eigenvalue weighted by atomic mass is 15.0. The third-order valence-corrected chi connectivity index (χ3v) is 2.89. The van der Waals surface area contributed by atoms with Gasteiger partial charge in [0.1, 0.15) is 0 Å². The Hall–Kier alpha value is -1.24. The Bertz CT molecular complexity index is 463. The fraction of sp³-hybridized carbons (Fsp3) is 0.429. The molecule has 2 rings (SSSR count). The fourth-order valence-electron chi connectivity index (χ4n) is 2.22. The molecular formula is C14H19N. The summed E-state index contributed by atoms with van der Waals surface area (Å²) in [4.78, 5) is 0. The van der Waals surface area contributed by atoms with Gasteiger partial charge in [0.25, 0.3) is 0 Å². The highest BCUT2D eigenvalue weighted by Gasteiger charge is 2.12. The molecule has 0 fully saturated rings. The van der Waals surface area contributed by atoms with Crippen LogP contribution < -0.4 is 0 Å². The summed E-state index contributed by atoms with van der Waals surface area (Å²) in [6.45, 7) is 9.01. The van der Waals surface area contributed by atoms with Crippen LogP contribution >= 0.6 is 0 Å². The maximum atomic E-state index is 2.44. The summed E-state index contributed by atoms with van der Waals surface area (Å²) in [5.41, 5.74) is 2.79. The minimum Gasteiger partial charge on any atom is -0.342 e. The molecule has 1 nitrogen and oxygen atoms in total. The van der Waals surface area contributed by atoms with Gasteiger partial charge in [-0.1, -0.05) is 32.0 Å². The lowest BCUT2D eigenvalue weighted by atomic mass is 10.1. The third-order valence-electron chi connectivity index (χ3n) is 2.89. The highest BCUT2D eigenvalue weighted by molar-refractivity contribution is 5.81. The second-order valence-electron chi connectivity index (χ2n) is 4.75. The van der Waals surface area contributed by atoms with Crippen LogP contribution in [0.5, 0.6) is 0 Å². The molecular weight excluding hydrogens is 182 g/mol. The van der Waals surface area contributed by atoms with Crippen molar-refractivity contribution in [2.75, 3.05) is 0 Å². The number of benzene rings is 1. The molecule has 0 aliphatic carbocycles. The largest absolute Gasteiger partial charge is 0.342 e. The van der Waals surface area contributed by atoms with E-state index in [4.69, 9.17) is 0 Å². The lowest BCUT2D eigenvalue weighted by Gasteiger charge is -2.16. The average Bonchev–Trinajstić information content (AvgIpc) is 2.56. The van der Waals surface area contributed by atoms with Gasteiger partial charge in [-0.05, 0) is 37.3 Å². The molecule has 1 heteroatoms. The quantitative estimate of drug-likeness (QED) is 0.681. The Balaban J connectivity index is 2.75. The Morgan fingerprint density at radius 3 is 2.27 bits per heavy atom. The molecule has 0 aliphatic heterocycles. The topological polar surface area (TPSA) is 4.93 Å². The zero-order valence-electron chi connectivity index (χ0n) is 9.99. The van der Waals surface area contributed by atoms with Gasteiger partial charge in [0.2, 0.25) is 0 Å². The Morgan fingerprint density at radius 1 is 1.00 bits per heavy atom. The molecule has 2 aromatic rings. The van der Waals surface area contributed by atoms with Crippen molar-refractivity contribution < 1.29 is 0 Å². The first-order chi connectivity index (χ1) is 7.11. The van der Waals surface area contributed by atoms with Crippen molar-refractivity contribution in [3.8, 4) is 0 Å². The number of fused-ring (bicyclic) bond motifs is 1. The normalized spacial score (nSPS) is 11.9. The van der Waals surface area contributed by atoms with Crippen LogP contribution in [0.2, 0.25) is 0 Å². The Labute approximate surface area is 91.7 Å². The number of rotatable bonds is 2. The maximum Gasteiger partial charge on any atom is 0.0485 e. The van der Waals surface area contributed by atoms with Crippen LogP contribution in [0.3, 0.4) is 0 Å². The second kappa shape index (κ2) is 3.73. The van der Waals surface area contributed by atoms with Crippen LogP contribution in [0.25, 0.3) is 10.9 Å². The molecule has 0 unspecified atom stereocenters. The molecule has 0 bridgehead atoms. The molecule has 0 radical (unpaired) electrons. The van der Waals surface area contributed by atoms with Crippen LogP contribution in [0.15, 0.2) is 30.3 Å². The molecule has 1 aromatic carbocycles. The van der Waals surface area contributed by atoms with Gasteiger partial charge in [-0.2, -0.15) is 0 Å². The van der Waals surface area contributed by atoms with Crippen molar-refractivity contribution in [3.63, 3.8) is 0 Å². The van der Waals surface area contributed by atoms with Gasteiger partial charge >= 0.3 is 0 Å². The zero-order valence-corrected chi connectivity index (χ0v) is 9.99. The number of para-hydroxylation sites is 1. The van der Waals surface area contributed by atoms with Crippen LogP contribution in [-0.4, -0.2) is 4.57 Å². The predicted molar refractivity (Wildman–Crippen MR) is 66.4 cm³/mol. The van der Waals surface area contributed by atoms with Crippen molar-refractivity contribution in [3.05, 3.63) is 36.0 Å². The van der Waals surface area contributed by atoms with E-state index in [0.717, 1.165) is 0 Å². The first kappa shape index (κ1) is 10.3. The highest BCUT2D eigenvalue weighted by Crippen LogP contribution is 2.28. The Morgan fingerprint density at radius 2 is 1.67 bits per heavy atom. The molecule has 0 spiro atoms. The van der Waals surface area contributed by atoms with E-state index in [1.807, 2.05) is 0 Å². The van der Waals surface area contributed by atoms with Crippen LogP contribution in [0, 0.1) is 0 Å². The molecule has 0 N–H and O–H groups in total. The van der Waals surface area contributed by atoms with Gasteiger partial charge in [-0.25, -0.2) is 0 Å². The molecule has 0 aliphatic rings. The monoisotopic (exact) mass is 201 g/mol. The van der Waals surface area contributed by atoms with Gasteiger partial charge in [0.05, 0.1) is 0 Å².